The van der Waals surface area contributed by atoms with Crippen molar-refractivity contribution in [2.75, 3.05) is 5.73 Å². The Hall–Kier alpha value is -1.56. The van der Waals surface area contributed by atoms with E-state index in [1.807, 2.05) is 18.2 Å². The molecule has 1 atom stereocenters. The van der Waals surface area contributed by atoms with E-state index in [0.29, 0.717) is 5.95 Å². The fourth-order valence-electron chi connectivity index (χ4n) is 2.38. The predicted octanol–water partition coefficient (Wildman–Crippen LogP) is 3.83. The van der Waals surface area contributed by atoms with Crippen molar-refractivity contribution in [3.05, 3.63) is 57.7 Å². The van der Waals surface area contributed by atoms with Gasteiger partial charge in [0.05, 0.1) is 17.1 Å². The Bertz CT molecular complexity index is 719. The molecule has 19 heavy (non-hydrogen) atoms. The highest BCUT2D eigenvalue weighted by Crippen LogP contribution is 2.27. The van der Waals surface area contributed by atoms with Gasteiger partial charge < -0.3 is 10.3 Å². The van der Waals surface area contributed by atoms with Crippen LogP contribution in [-0.2, 0) is 0 Å². The van der Waals surface area contributed by atoms with Crippen LogP contribution in [0.15, 0.2) is 48.5 Å². The SMILES string of the molecule is CC(c1ccccc1)n1c(N)nc2cc(I)ccc21. The molecule has 0 aliphatic rings. The van der Waals surface area contributed by atoms with E-state index in [0.717, 1.165) is 11.0 Å². The van der Waals surface area contributed by atoms with Gasteiger partial charge in [0.1, 0.15) is 0 Å². The number of anilines is 1. The second-order valence-electron chi connectivity index (χ2n) is 4.56. The molecule has 0 radical (unpaired) electrons. The minimum absolute atomic E-state index is 0.172. The molecule has 0 saturated carbocycles. The number of nitrogens with two attached hydrogens (primary N) is 1. The van der Waals surface area contributed by atoms with Gasteiger partial charge in [0.25, 0.3) is 0 Å². The van der Waals surface area contributed by atoms with Gasteiger partial charge in [-0.05, 0) is 53.3 Å². The predicted molar refractivity (Wildman–Crippen MR) is 87.1 cm³/mol. The molecule has 3 aromatic rings. The molecule has 1 unspecified atom stereocenters. The van der Waals surface area contributed by atoms with Crippen LogP contribution in [0.1, 0.15) is 18.5 Å². The number of fused-ring (bicyclic) bond motifs is 1. The zero-order valence-corrected chi connectivity index (χ0v) is 12.7. The zero-order valence-electron chi connectivity index (χ0n) is 10.5. The maximum absolute atomic E-state index is 6.09. The summed E-state index contributed by atoms with van der Waals surface area (Å²) >= 11 is 2.29. The van der Waals surface area contributed by atoms with Gasteiger partial charge in [-0.2, -0.15) is 0 Å². The van der Waals surface area contributed by atoms with Crippen molar-refractivity contribution in [3.63, 3.8) is 0 Å². The van der Waals surface area contributed by atoms with Gasteiger partial charge in [0, 0.05) is 3.57 Å². The monoisotopic (exact) mass is 363 g/mol. The molecule has 1 heterocycles. The van der Waals surface area contributed by atoms with Crippen LogP contribution in [0.4, 0.5) is 5.95 Å². The van der Waals surface area contributed by atoms with Crippen molar-refractivity contribution in [2.24, 2.45) is 0 Å². The third-order valence-corrected chi connectivity index (χ3v) is 4.02. The number of benzene rings is 2. The summed E-state index contributed by atoms with van der Waals surface area (Å²) in [6.45, 7) is 2.14. The minimum atomic E-state index is 0.172. The van der Waals surface area contributed by atoms with Gasteiger partial charge in [0.15, 0.2) is 0 Å². The maximum Gasteiger partial charge on any atom is 0.201 e. The Morgan fingerprint density at radius 2 is 1.89 bits per heavy atom. The molecule has 2 N–H and O–H groups in total. The van der Waals surface area contributed by atoms with Crippen molar-refractivity contribution in [3.8, 4) is 0 Å². The minimum Gasteiger partial charge on any atom is -0.369 e. The van der Waals surface area contributed by atoms with E-state index in [2.05, 4.69) is 69.4 Å². The van der Waals surface area contributed by atoms with Gasteiger partial charge in [0.2, 0.25) is 5.95 Å². The molecule has 0 fully saturated rings. The van der Waals surface area contributed by atoms with Gasteiger partial charge in [-0.1, -0.05) is 30.3 Å². The lowest BCUT2D eigenvalue weighted by atomic mass is 10.1. The molecular formula is C15H14IN3. The Kier molecular flexibility index (Phi) is 3.18. The number of nitrogens with zero attached hydrogens (tertiary/aromatic N) is 2. The molecule has 0 amide bonds. The summed E-state index contributed by atoms with van der Waals surface area (Å²) in [6.07, 6.45) is 0. The number of aromatic nitrogens is 2. The van der Waals surface area contributed by atoms with Gasteiger partial charge in [-0.3, -0.25) is 0 Å². The summed E-state index contributed by atoms with van der Waals surface area (Å²) in [7, 11) is 0. The smallest absolute Gasteiger partial charge is 0.201 e. The molecule has 0 bridgehead atoms. The third-order valence-electron chi connectivity index (χ3n) is 3.35. The summed E-state index contributed by atoms with van der Waals surface area (Å²) in [6, 6.07) is 16.7. The average Bonchev–Trinajstić information content (AvgIpc) is 2.74. The second-order valence-corrected chi connectivity index (χ2v) is 5.81. The molecule has 0 aliphatic carbocycles. The Labute approximate surface area is 125 Å². The highest BCUT2D eigenvalue weighted by Gasteiger charge is 2.15. The lowest BCUT2D eigenvalue weighted by Crippen LogP contribution is -2.09. The average molecular weight is 363 g/mol. The van der Waals surface area contributed by atoms with Gasteiger partial charge >= 0.3 is 0 Å². The lowest BCUT2D eigenvalue weighted by Gasteiger charge is -2.16. The van der Waals surface area contributed by atoms with E-state index in [-0.39, 0.29) is 6.04 Å². The first-order valence-corrected chi connectivity index (χ1v) is 7.22. The second kappa shape index (κ2) is 4.85. The lowest BCUT2D eigenvalue weighted by molar-refractivity contribution is 0.668. The summed E-state index contributed by atoms with van der Waals surface area (Å²) in [5, 5.41) is 0. The zero-order chi connectivity index (χ0) is 13.4. The fraction of sp³-hybridized carbons (Fsp3) is 0.133. The highest BCUT2D eigenvalue weighted by molar-refractivity contribution is 14.1. The van der Waals surface area contributed by atoms with Crippen molar-refractivity contribution in [2.45, 2.75) is 13.0 Å². The fourth-order valence-corrected chi connectivity index (χ4v) is 2.85. The quantitative estimate of drug-likeness (QED) is 0.704. The van der Waals surface area contributed by atoms with E-state index in [9.17, 15) is 0 Å². The summed E-state index contributed by atoms with van der Waals surface area (Å²) < 4.78 is 3.25. The number of nitrogen functional groups attached to an aromatic ring is 1. The van der Waals surface area contributed by atoms with Crippen LogP contribution in [0.5, 0.6) is 0 Å². The first-order valence-electron chi connectivity index (χ1n) is 6.15. The molecule has 96 valence electrons. The van der Waals surface area contributed by atoms with E-state index >= 15 is 0 Å². The van der Waals surface area contributed by atoms with Gasteiger partial charge in [-0.25, -0.2) is 4.98 Å². The first kappa shape index (κ1) is 12.5. The Balaban J connectivity index is 2.17. The number of hydrogen-bond acceptors (Lipinski definition) is 2. The van der Waals surface area contributed by atoms with Crippen molar-refractivity contribution in [1.82, 2.24) is 9.55 Å². The van der Waals surface area contributed by atoms with Crippen LogP contribution in [0.25, 0.3) is 11.0 Å². The van der Waals surface area contributed by atoms with Crippen molar-refractivity contribution in [1.29, 1.82) is 0 Å². The summed E-state index contributed by atoms with van der Waals surface area (Å²) in [5.41, 5.74) is 9.35. The van der Waals surface area contributed by atoms with Crippen LogP contribution in [0.2, 0.25) is 0 Å². The number of imidazole rings is 1. The van der Waals surface area contributed by atoms with Crippen LogP contribution >= 0.6 is 22.6 Å². The largest absolute Gasteiger partial charge is 0.369 e. The molecule has 2 aromatic carbocycles. The van der Waals surface area contributed by atoms with E-state index in [4.69, 9.17) is 5.73 Å². The maximum atomic E-state index is 6.09. The molecule has 0 saturated heterocycles. The molecule has 1 aromatic heterocycles. The van der Waals surface area contributed by atoms with Crippen LogP contribution in [0.3, 0.4) is 0 Å². The standard InChI is InChI=1S/C15H14IN3/c1-10(11-5-3-2-4-6-11)19-14-8-7-12(16)9-13(14)18-15(19)17/h2-10H,1H3,(H2,17,18). The van der Waals surface area contributed by atoms with Crippen LogP contribution in [0, 0.1) is 3.57 Å². The number of halogens is 1. The van der Waals surface area contributed by atoms with Crippen molar-refractivity contribution < 1.29 is 0 Å². The molecule has 3 nitrogen and oxygen atoms in total. The van der Waals surface area contributed by atoms with E-state index in [1.165, 1.54) is 9.13 Å². The van der Waals surface area contributed by atoms with Gasteiger partial charge in [-0.15, -0.1) is 0 Å². The van der Waals surface area contributed by atoms with Crippen LogP contribution < -0.4 is 5.73 Å². The molecule has 0 aliphatic heterocycles. The number of rotatable bonds is 2. The highest BCUT2D eigenvalue weighted by atomic mass is 127. The Morgan fingerprint density at radius 1 is 1.16 bits per heavy atom. The molecular weight excluding hydrogens is 349 g/mol. The van der Waals surface area contributed by atoms with Crippen LogP contribution in [-0.4, -0.2) is 9.55 Å². The van der Waals surface area contributed by atoms with E-state index < -0.39 is 0 Å². The Morgan fingerprint density at radius 3 is 2.63 bits per heavy atom. The first-order chi connectivity index (χ1) is 9.16. The molecule has 3 rings (SSSR count). The molecule has 4 heteroatoms. The third kappa shape index (κ3) is 2.20. The van der Waals surface area contributed by atoms with E-state index in [1.54, 1.807) is 0 Å². The normalized spacial score (nSPS) is 12.7. The van der Waals surface area contributed by atoms with Crippen molar-refractivity contribution >= 4 is 39.6 Å². The topological polar surface area (TPSA) is 43.8 Å². The summed E-state index contributed by atoms with van der Waals surface area (Å²) in [4.78, 5) is 4.46. The molecule has 0 spiro atoms. The summed E-state index contributed by atoms with van der Waals surface area (Å²) in [5.74, 6) is 0.563. The number of hydrogen-bond donors (Lipinski definition) is 1.